The molecule has 18 heavy (non-hydrogen) atoms. The van der Waals surface area contributed by atoms with Crippen molar-refractivity contribution in [3.63, 3.8) is 0 Å². The van der Waals surface area contributed by atoms with Gasteiger partial charge in [-0.15, -0.1) is 0 Å². The van der Waals surface area contributed by atoms with Gasteiger partial charge in [0, 0.05) is 5.54 Å². The minimum atomic E-state index is -4.42. The van der Waals surface area contributed by atoms with E-state index in [0.717, 1.165) is 24.7 Å². The van der Waals surface area contributed by atoms with Crippen molar-refractivity contribution in [2.24, 2.45) is 0 Å². The fourth-order valence-electron chi connectivity index (χ4n) is 2.28. The van der Waals surface area contributed by atoms with Crippen LogP contribution < -0.4 is 0 Å². The van der Waals surface area contributed by atoms with E-state index in [-0.39, 0.29) is 5.54 Å². The minimum absolute atomic E-state index is 0.115. The Hall–Kier alpha value is -1.59. The number of alkyl halides is 3. The van der Waals surface area contributed by atoms with E-state index in [4.69, 9.17) is 0 Å². The quantitative estimate of drug-likeness (QED) is 0.783. The first-order chi connectivity index (χ1) is 8.31. The summed E-state index contributed by atoms with van der Waals surface area (Å²) in [5.41, 5.74) is -0.118. The van der Waals surface area contributed by atoms with E-state index in [9.17, 15) is 13.2 Å². The first kappa shape index (κ1) is 11.5. The number of rotatable bonds is 1. The lowest BCUT2D eigenvalue weighted by molar-refractivity contribution is -0.141. The number of imidazole rings is 1. The van der Waals surface area contributed by atoms with E-state index in [2.05, 4.69) is 9.97 Å². The van der Waals surface area contributed by atoms with Crippen molar-refractivity contribution in [1.29, 1.82) is 0 Å². The largest absolute Gasteiger partial charge is 0.433 e. The molecule has 0 N–H and O–H groups in total. The van der Waals surface area contributed by atoms with Crippen LogP contribution in [0.2, 0.25) is 0 Å². The predicted octanol–water partition coefficient (Wildman–Crippen LogP) is 3.27. The van der Waals surface area contributed by atoms with Crippen LogP contribution in [0.3, 0.4) is 0 Å². The lowest BCUT2D eigenvalue weighted by Crippen LogP contribution is -2.16. The zero-order valence-corrected chi connectivity index (χ0v) is 10.0. The Morgan fingerprint density at radius 2 is 1.89 bits per heavy atom. The number of pyridine rings is 1. The van der Waals surface area contributed by atoms with Crippen molar-refractivity contribution in [1.82, 2.24) is 14.5 Å². The first-order valence-corrected chi connectivity index (χ1v) is 5.75. The molecular formula is C12H12F3N3. The summed E-state index contributed by atoms with van der Waals surface area (Å²) in [5, 5.41) is 0. The van der Waals surface area contributed by atoms with Gasteiger partial charge in [-0.2, -0.15) is 13.2 Å². The number of hydrogen-bond acceptors (Lipinski definition) is 2. The highest BCUT2D eigenvalue weighted by Crippen LogP contribution is 2.45. The Morgan fingerprint density at radius 1 is 1.22 bits per heavy atom. The molecule has 1 fully saturated rings. The maximum Gasteiger partial charge on any atom is 0.433 e. The molecule has 0 amide bonds. The van der Waals surface area contributed by atoms with E-state index in [0.29, 0.717) is 11.2 Å². The zero-order chi connectivity index (χ0) is 13.1. The van der Waals surface area contributed by atoms with Crippen LogP contribution in [0.25, 0.3) is 11.2 Å². The number of aryl methyl sites for hydroxylation is 1. The molecule has 2 aromatic rings. The third-order valence-corrected chi connectivity index (χ3v) is 3.48. The molecule has 3 rings (SSSR count). The molecule has 0 aromatic carbocycles. The molecule has 3 nitrogen and oxygen atoms in total. The van der Waals surface area contributed by atoms with Crippen molar-refractivity contribution in [3.05, 3.63) is 23.7 Å². The van der Waals surface area contributed by atoms with Crippen molar-refractivity contribution in [2.45, 2.75) is 38.4 Å². The number of hydrogen-bond donors (Lipinski definition) is 0. The van der Waals surface area contributed by atoms with Gasteiger partial charge in [0.2, 0.25) is 0 Å². The van der Waals surface area contributed by atoms with Gasteiger partial charge in [-0.05, 0) is 38.8 Å². The molecule has 96 valence electrons. The van der Waals surface area contributed by atoms with Gasteiger partial charge in [-0.25, -0.2) is 9.97 Å². The summed E-state index contributed by atoms with van der Waals surface area (Å²) >= 11 is 0. The molecule has 0 spiro atoms. The molecule has 0 bridgehead atoms. The number of nitrogens with zero attached hydrogens (tertiary/aromatic N) is 3. The summed E-state index contributed by atoms with van der Waals surface area (Å²) < 4.78 is 39.9. The normalized spacial score (nSPS) is 18.3. The highest BCUT2D eigenvalue weighted by Gasteiger charge is 2.42. The summed E-state index contributed by atoms with van der Waals surface area (Å²) in [6, 6.07) is 2.37. The van der Waals surface area contributed by atoms with Gasteiger partial charge >= 0.3 is 6.18 Å². The number of fused-ring (bicyclic) bond motifs is 1. The third-order valence-electron chi connectivity index (χ3n) is 3.48. The summed E-state index contributed by atoms with van der Waals surface area (Å²) in [6.45, 7) is 3.82. The average Bonchev–Trinajstić information content (AvgIpc) is 2.89. The summed E-state index contributed by atoms with van der Waals surface area (Å²) in [7, 11) is 0. The second kappa shape index (κ2) is 3.24. The van der Waals surface area contributed by atoms with Crippen molar-refractivity contribution < 1.29 is 13.2 Å². The summed E-state index contributed by atoms with van der Waals surface area (Å²) in [6.07, 6.45) is -2.50. The number of halogens is 3. The molecule has 2 aromatic heterocycles. The minimum Gasteiger partial charge on any atom is -0.307 e. The van der Waals surface area contributed by atoms with Crippen molar-refractivity contribution >= 4 is 11.2 Å². The Morgan fingerprint density at radius 3 is 2.44 bits per heavy atom. The molecule has 6 heteroatoms. The SMILES string of the molecule is Cc1nc2ccc(C(F)(F)F)nc2n1C1(C)CC1. The second-order valence-electron chi connectivity index (χ2n) is 5.03. The van der Waals surface area contributed by atoms with Crippen LogP contribution in [0.15, 0.2) is 12.1 Å². The van der Waals surface area contributed by atoms with Gasteiger partial charge in [0.25, 0.3) is 0 Å². The highest BCUT2D eigenvalue weighted by atomic mass is 19.4. The molecule has 1 aliphatic rings. The van der Waals surface area contributed by atoms with Gasteiger partial charge < -0.3 is 4.57 Å². The van der Waals surface area contributed by atoms with Crippen LogP contribution in [0.5, 0.6) is 0 Å². The van der Waals surface area contributed by atoms with Crippen LogP contribution in [-0.4, -0.2) is 14.5 Å². The van der Waals surface area contributed by atoms with Crippen molar-refractivity contribution in [3.8, 4) is 0 Å². The molecule has 1 aliphatic carbocycles. The van der Waals surface area contributed by atoms with Crippen LogP contribution in [-0.2, 0) is 11.7 Å². The van der Waals surface area contributed by atoms with E-state index in [1.807, 2.05) is 11.5 Å². The van der Waals surface area contributed by atoms with E-state index >= 15 is 0 Å². The van der Waals surface area contributed by atoms with E-state index in [1.165, 1.54) is 6.07 Å². The lowest BCUT2D eigenvalue weighted by Gasteiger charge is -2.14. The standard InChI is InChI=1S/C12H12F3N3/c1-7-16-8-3-4-9(12(13,14)15)17-10(8)18(7)11(2)5-6-11/h3-4H,5-6H2,1-2H3. The fraction of sp³-hybridized carbons (Fsp3) is 0.500. The third kappa shape index (κ3) is 1.59. The Bertz CT molecular complexity index is 623. The van der Waals surface area contributed by atoms with Gasteiger partial charge in [0.15, 0.2) is 5.65 Å². The van der Waals surface area contributed by atoms with E-state index in [1.54, 1.807) is 6.92 Å². The van der Waals surface area contributed by atoms with Crippen molar-refractivity contribution in [2.75, 3.05) is 0 Å². The Balaban J connectivity index is 2.26. The highest BCUT2D eigenvalue weighted by molar-refractivity contribution is 5.72. The molecule has 0 atom stereocenters. The molecule has 2 heterocycles. The van der Waals surface area contributed by atoms with Crippen LogP contribution in [0, 0.1) is 6.92 Å². The maximum absolute atomic E-state index is 12.7. The molecule has 1 saturated carbocycles. The molecule has 0 aliphatic heterocycles. The number of aromatic nitrogens is 3. The molecule has 0 unspecified atom stereocenters. The van der Waals surface area contributed by atoms with Gasteiger partial charge in [0.1, 0.15) is 17.0 Å². The first-order valence-electron chi connectivity index (χ1n) is 5.75. The monoisotopic (exact) mass is 255 g/mol. The fourth-order valence-corrected chi connectivity index (χ4v) is 2.28. The average molecular weight is 255 g/mol. The van der Waals surface area contributed by atoms with Crippen LogP contribution in [0.1, 0.15) is 31.3 Å². The molecular weight excluding hydrogens is 243 g/mol. The summed E-state index contributed by atoms with van der Waals surface area (Å²) in [5.74, 6) is 0.719. The predicted molar refractivity (Wildman–Crippen MR) is 60.1 cm³/mol. The van der Waals surface area contributed by atoms with Gasteiger partial charge in [-0.3, -0.25) is 0 Å². The van der Waals surface area contributed by atoms with E-state index < -0.39 is 11.9 Å². The molecule has 0 saturated heterocycles. The smallest absolute Gasteiger partial charge is 0.307 e. The topological polar surface area (TPSA) is 30.7 Å². The Kier molecular flexibility index (Phi) is 2.07. The lowest BCUT2D eigenvalue weighted by atomic mass is 10.3. The summed E-state index contributed by atoms with van der Waals surface area (Å²) in [4.78, 5) is 8.03. The van der Waals surface area contributed by atoms with Crippen LogP contribution in [0.4, 0.5) is 13.2 Å². The molecule has 0 radical (unpaired) electrons. The van der Waals surface area contributed by atoms with Gasteiger partial charge in [-0.1, -0.05) is 0 Å². The second-order valence-corrected chi connectivity index (χ2v) is 5.03. The maximum atomic E-state index is 12.7. The van der Waals surface area contributed by atoms with Crippen LogP contribution >= 0.6 is 0 Å². The Labute approximate surface area is 102 Å². The zero-order valence-electron chi connectivity index (χ0n) is 10.0. The van der Waals surface area contributed by atoms with Gasteiger partial charge in [0.05, 0.1) is 0 Å².